The molecular weight excluding hydrogens is 447 g/mol. The second-order valence-corrected chi connectivity index (χ2v) is 9.11. The zero-order valence-electron chi connectivity index (χ0n) is 17.5. The summed E-state index contributed by atoms with van der Waals surface area (Å²) in [6, 6.07) is 6.41. The van der Waals surface area contributed by atoms with Crippen LogP contribution in [-0.4, -0.2) is 21.4 Å². The van der Waals surface area contributed by atoms with Gasteiger partial charge in [0, 0.05) is 11.6 Å². The Morgan fingerprint density at radius 2 is 2.12 bits per heavy atom. The lowest BCUT2D eigenvalue weighted by atomic mass is 9.76. The number of ether oxygens (including phenoxy) is 1. The van der Waals surface area contributed by atoms with Gasteiger partial charge in [0.1, 0.15) is 5.69 Å². The number of hydrogen-bond acceptors (Lipinski definition) is 7. The van der Waals surface area contributed by atoms with Crippen molar-refractivity contribution >= 4 is 29.5 Å². The monoisotopic (exact) mass is 464 g/mol. The molecule has 1 amide bonds. The van der Waals surface area contributed by atoms with Gasteiger partial charge < -0.3 is 15.4 Å². The molecule has 1 aromatic heterocycles. The van der Waals surface area contributed by atoms with Crippen molar-refractivity contribution in [3.05, 3.63) is 45.9 Å². The van der Waals surface area contributed by atoms with Crippen molar-refractivity contribution in [1.29, 1.82) is 10.5 Å². The highest BCUT2D eigenvalue weighted by Gasteiger charge is 2.56. The standard InChI is InChI=1S/C23H18ClFN6O2/c1-11-17-18(20(32)28-11)29-22(31-23-7-13(8-23)14(9-23)10-27)30-21(17)33-19-15(24)5-12(3-2-4-26)6-16(19)25/h2-3,5-6,11,13-14H,7-9H2,1H3,(H,28,32)(H,29,30,31)/b3-2+. The van der Waals surface area contributed by atoms with E-state index in [-0.39, 0.29) is 45.7 Å². The summed E-state index contributed by atoms with van der Waals surface area (Å²) in [7, 11) is 0. The smallest absolute Gasteiger partial charge is 0.271 e. The molecule has 3 saturated carbocycles. The van der Waals surface area contributed by atoms with E-state index in [9.17, 15) is 14.4 Å². The van der Waals surface area contributed by atoms with Crippen LogP contribution in [0.15, 0.2) is 18.2 Å². The second kappa shape index (κ2) is 7.72. The van der Waals surface area contributed by atoms with Crippen LogP contribution in [0.2, 0.25) is 5.02 Å². The first-order valence-corrected chi connectivity index (χ1v) is 10.8. The van der Waals surface area contributed by atoms with Crippen molar-refractivity contribution in [2.45, 2.75) is 37.8 Å². The number of carbonyl (C=O) groups is 1. The molecular formula is C23H18ClFN6O2. The van der Waals surface area contributed by atoms with Gasteiger partial charge in [0.05, 0.1) is 34.7 Å². The number of nitrogens with zero attached hydrogens (tertiary/aromatic N) is 4. The number of aromatic nitrogens is 2. The van der Waals surface area contributed by atoms with E-state index in [4.69, 9.17) is 21.6 Å². The topological polar surface area (TPSA) is 124 Å². The molecule has 3 fully saturated rings. The Labute approximate surface area is 194 Å². The predicted molar refractivity (Wildman–Crippen MR) is 117 cm³/mol. The molecule has 8 nitrogen and oxygen atoms in total. The number of halogens is 2. The quantitative estimate of drug-likeness (QED) is 0.624. The molecule has 2 bridgehead atoms. The van der Waals surface area contributed by atoms with Crippen LogP contribution in [0.1, 0.15) is 53.8 Å². The van der Waals surface area contributed by atoms with Crippen molar-refractivity contribution < 1.29 is 13.9 Å². The first-order chi connectivity index (χ1) is 15.8. The minimum absolute atomic E-state index is 0.00696. The van der Waals surface area contributed by atoms with E-state index in [1.54, 1.807) is 6.92 Å². The Hall–Kier alpha value is -3.69. The van der Waals surface area contributed by atoms with Crippen LogP contribution in [-0.2, 0) is 0 Å². The van der Waals surface area contributed by atoms with E-state index >= 15 is 0 Å². The average Bonchev–Trinajstić information content (AvgIpc) is 3.37. The third-order valence-electron chi connectivity index (χ3n) is 6.50. The summed E-state index contributed by atoms with van der Waals surface area (Å²) in [5, 5.41) is 24.0. The largest absolute Gasteiger partial charge is 0.434 e. The first-order valence-electron chi connectivity index (χ1n) is 10.5. The zero-order chi connectivity index (χ0) is 23.3. The molecule has 6 rings (SSSR count). The second-order valence-electron chi connectivity index (χ2n) is 8.70. The Morgan fingerprint density at radius 3 is 2.79 bits per heavy atom. The highest BCUT2D eigenvalue weighted by molar-refractivity contribution is 6.32. The molecule has 0 saturated heterocycles. The fourth-order valence-corrected chi connectivity index (χ4v) is 5.27. The number of rotatable bonds is 5. The minimum Gasteiger partial charge on any atom is -0.434 e. The third-order valence-corrected chi connectivity index (χ3v) is 6.79. The molecule has 10 heteroatoms. The summed E-state index contributed by atoms with van der Waals surface area (Å²) in [6.45, 7) is 1.75. The number of allylic oxidation sites excluding steroid dienone is 1. The summed E-state index contributed by atoms with van der Waals surface area (Å²) in [4.78, 5) is 21.3. The number of carbonyl (C=O) groups excluding carboxylic acids is 1. The number of benzene rings is 1. The molecule has 1 aromatic carbocycles. The van der Waals surface area contributed by atoms with Crippen LogP contribution in [0, 0.1) is 40.3 Å². The molecule has 1 aliphatic heterocycles. The molecule has 2 heterocycles. The van der Waals surface area contributed by atoms with Gasteiger partial charge in [0.2, 0.25) is 11.8 Å². The van der Waals surface area contributed by atoms with Crippen molar-refractivity contribution in [2.24, 2.45) is 11.8 Å². The number of hydrogen-bond donors (Lipinski definition) is 2. The van der Waals surface area contributed by atoms with Gasteiger partial charge in [-0.1, -0.05) is 11.6 Å². The maximum atomic E-state index is 14.8. The molecule has 2 atom stereocenters. The molecule has 33 heavy (non-hydrogen) atoms. The Kier molecular flexibility index (Phi) is 4.95. The molecule has 2 N–H and O–H groups in total. The summed E-state index contributed by atoms with van der Waals surface area (Å²) < 4.78 is 20.7. The molecule has 2 aromatic rings. The van der Waals surface area contributed by atoms with Crippen LogP contribution >= 0.6 is 11.6 Å². The fourth-order valence-electron chi connectivity index (χ4n) is 5.01. The number of nitrogens with one attached hydrogen (secondary N) is 2. The van der Waals surface area contributed by atoms with Gasteiger partial charge in [-0.15, -0.1) is 0 Å². The summed E-state index contributed by atoms with van der Waals surface area (Å²) in [5.74, 6) is -0.783. The predicted octanol–water partition coefficient (Wildman–Crippen LogP) is 4.51. The van der Waals surface area contributed by atoms with Crippen LogP contribution in [0.4, 0.5) is 10.3 Å². The van der Waals surface area contributed by atoms with E-state index in [1.165, 1.54) is 24.3 Å². The third kappa shape index (κ3) is 3.55. The molecule has 166 valence electrons. The van der Waals surface area contributed by atoms with E-state index in [0.717, 1.165) is 12.8 Å². The van der Waals surface area contributed by atoms with Gasteiger partial charge in [-0.05, 0) is 55.9 Å². The van der Waals surface area contributed by atoms with E-state index in [0.29, 0.717) is 23.5 Å². The summed E-state index contributed by atoms with van der Waals surface area (Å²) >= 11 is 6.26. The average molecular weight is 465 g/mol. The lowest BCUT2D eigenvalue weighted by Gasteiger charge is -2.39. The summed E-state index contributed by atoms with van der Waals surface area (Å²) in [5.41, 5.74) is 0.690. The van der Waals surface area contributed by atoms with Gasteiger partial charge >= 0.3 is 0 Å². The Balaban J connectivity index is 1.51. The fraction of sp³-hybridized carbons (Fsp3) is 0.348. The van der Waals surface area contributed by atoms with Crippen molar-refractivity contribution in [2.75, 3.05) is 5.32 Å². The van der Waals surface area contributed by atoms with Gasteiger partial charge in [0.15, 0.2) is 11.6 Å². The van der Waals surface area contributed by atoms with E-state index in [1.807, 2.05) is 6.07 Å². The molecule has 0 radical (unpaired) electrons. The lowest BCUT2D eigenvalue weighted by Crippen LogP contribution is -2.43. The normalized spacial score (nSPS) is 26.8. The number of fused-ring (bicyclic) bond motifs is 2. The van der Waals surface area contributed by atoms with Gasteiger partial charge in [-0.3, -0.25) is 4.79 Å². The molecule has 4 aliphatic rings. The first kappa shape index (κ1) is 21.2. The number of amides is 1. The van der Waals surface area contributed by atoms with E-state index in [2.05, 4.69) is 26.7 Å². The van der Waals surface area contributed by atoms with Crippen molar-refractivity contribution in [3.8, 4) is 23.8 Å². The van der Waals surface area contributed by atoms with Crippen LogP contribution in [0.5, 0.6) is 11.6 Å². The molecule has 0 spiro atoms. The van der Waals surface area contributed by atoms with E-state index < -0.39 is 11.9 Å². The van der Waals surface area contributed by atoms with Crippen molar-refractivity contribution in [3.63, 3.8) is 0 Å². The highest BCUT2D eigenvalue weighted by atomic mass is 35.5. The van der Waals surface area contributed by atoms with Crippen LogP contribution < -0.4 is 15.4 Å². The van der Waals surface area contributed by atoms with Crippen molar-refractivity contribution in [1.82, 2.24) is 15.3 Å². The van der Waals surface area contributed by atoms with Crippen LogP contribution in [0.25, 0.3) is 6.08 Å². The van der Waals surface area contributed by atoms with Gasteiger partial charge in [0.25, 0.3) is 5.91 Å². The number of nitriles is 2. The number of anilines is 1. The molecule has 2 unspecified atom stereocenters. The summed E-state index contributed by atoms with van der Waals surface area (Å²) in [6.07, 6.45) is 5.00. The lowest BCUT2D eigenvalue weighted by molar-refractivity contribution is 0.0954. The van der Waals surface area contributed by atoms with Crippen LogP contribution in [0.3, 0.4) is 0 Å². The molecule has 3 aliphatic carbocycles. The maximum Gasteiger partial charge on any atom is 0.271 e. The SMILES string of the molecule is CC1NC(=O)c2nc(NC34CC(C#N)C(C3)C4)nc(Oc3c(F)cc(/C=C/C#N)cc3Cl)c21. The maximum absolute atomic E-state index is 14.8. The zero-order valence-corrected chi connectivity index (χ0v) is 18.3. The minimum atomic E-state index is -0.736. The highest BCUT2D eigenvalue weighted by Crippen LogP contribution is 2.56. The Bertz CT molecular complexity index is 1270. The Morgan fingerprint density at radius 1 is 1.33 bits per heavy atom. The van der Waals surface area contributed by atoms with Gasteiger partial charge in [-0.2, -0.15) is 15.5 Å². The van der Waals surface area contributed by atoms with Gasteiger partial charge in [-0.25, -0.2) is 9.37 Å².